The van der Waals surface area contributed by atoms with Gasteiger partial charge < -0.3 is 19.3 Å². The number of Topliss-reactive ketones (excluding diaryl/α,β-unsaturated/α-hetero) is 1. The number of carbonyl (C=O) groups excluding carboxylic acids is 1. The lowest BCUT2D eigenvalue weighted by atomic mass is 10.1. The lowest BCUT2D eigenvalue weighted by molar-refractivity contribution is 0.0986. The molecule has 0 atom stereocenters. The Hall–Kier alpha value is -2.52. The molecule has 0 radical (unpaired) electrons. The first kappa shape index (κ1) is 17.9. The first-order chi connectivity index (χ1) is 13.2. The Morgan fingerprint density at radius 2 is 1.70 bits per heavy atom. The van der Waals surface area contributed by atoms with Gasteiger partial charge in [0.15, 0.2) is 5.78 Å². The smallest absolute Gasteiger partial charge is 0.228 e. The van der Waals surface area contributed by atoms with E-state index in [0.717, 1.165) is 43.4 Å². The summed E-state index contributed by atoms with van der Waals surface area (Å²) in [5, 5.41) is 7.04. The van der Waals surface area contributed by atoms with Gasteiger partial charge in [0, 0.05) is 37.9 Å². The minimum atomic E-state index is -0.0621. The fourth-order valence-electron chi connectivity index (χ4n) is 3.24. The van der Waals surface area contributed by atoms with Crippen LogP contribution in [-0.4, -0.2) is 78.6 Å². The number of anilines is 2. The molecule has 0 amide bonds. The minimum absolute atomic E-state index is 0.0621. The SMILES string of the molecule is Cc1cc(CC(=O)c2cc(N3CCOCC3)nc(N3CCOCC3)n2)n[nH]1. The first-order valence-electron chi connectivity index (χ1n) is 9.27. The van der Waals surface area contributed by atoms with Crippen LogP contribution in [0.2, 0.25) is 0 Å². The highest BCUT2D eigenvalue weighted by atomic mass is 16.5. The van der Waals surface area contributed by atoms with E-state index in [1.807, 2.05) is 13.0 Å². The number of rotatable bonds is 5. The summed E-state index contributed by atoms with van der Waals surface area (Å²) in [7, 11) is 0. The van der Waals surface area contributed by atoms with Gasteiger partial charge in [0.2, 0.25) is 5.95 Å². The summed E-state index contributed by atoms with van der Waals surface area (Å²) >= 11 is 0. The van der Waals surface area contributed by atoms with E-state index in [0.29, 0.717) is 38.1 Å². The summed E-state index contributed by atoms with van der Waals surface area (Å²) in [5.74, 6) is 1.30. The molecule has 9 nitrogen and oxygen atoms in total. The van der Waals surface area contributed by atoms with Crippen LogP contribution in [0.3, 0.4) is 0 Å². The first-order valence-corrected chi connectivity index (χ1v) is 9.27. The molecular formula is C18H24N6O3. The van der Waals surface area contributed by atoms with Crippen molar-refractivity contribution >= 4 is 17.5 Å². The van der Waals surface area contributed by atoms with E-state index >= 15 is 0 Å². The van der Waals surface area contributed by atoms with Crippen LogP contribution in [-0.2, 0) is 15.9 Å². The number of aromatic nitrogens is 4. The topological polar surface area (TPSA) is 96.5 Å². The number of aryl methyl sites for hydroxylation is 1. The Balaban J connectivity index is 1.62. The summed E-state index contributed by atoms with van der Waals surface area (Å²) in [5.41, 5.74) is 2.08. The van der Waals surface area contributed by atoms with Gasteiger partial charge in [-0.25, -0.2) is 4.98 Å². The van der Waals surface area contributed by atoms with Crippen LogP contribution in [0, 0.1) is 6.92 Å². The van der Waals surface area contributed by atoms with Crippen LogP contribution in [0.5, 0.6) is 0 Å². The summed E-state index contributed by atoms with van der Waals surface area (Å²) in [6.07, 6.45) is 0.215. The van der Waals surface area contributed by atoms with E-state index in [9.17, 15) is 4.79 Å². The molecule has 2 fully saturated rings. The molecule has 0 aliphatic carbocycles. The van der Waals surface area contributed by atoms with Gasteiger partial charge >= 0.3 is 0 Å². The third kappa shape index (κ3) is 4.25. The Kier molecular flexibility index (Phi) is 5.30. The van der Waals surface area contributed by atoms with E-state index in [2.05, 4.69) is 25.0 Å². The number of nitrogens with one attached hydrogen (secondary N) is 1. The lowest BCUT2D eigenvalue weighted by Crippen LogP contribution is -2.39. The summed E-state index contributed by atoms with van der Waals surface area (Å²) < 4.78 is 10.9. The van der Waals surface area contributed by atoms with Crippen LogP contribution < -0.4 is 9.80 Å². The highest BCUT2D eigenvalue weighted by Crippen LogP contribution is 2.20. The number of H-pyrrole nitrogens is 1. The van der Waals surface area contributed by atoms with Gasteiger partial charge in [-0.1, -0.05) is 0 Å². The van der Waals surface area contributed by atoms with Crippen molar-refractivity contribution in [2.45, 2.75) is 13.3 Å². The lowest BCUT2D eigenvalue weighted by Gasteiger charge is -2.31. The Labute approximate surface area is 157 Å². The molecule has 2 aromatic heterocycles. The number of morpholine rings is 2. The molecule has 4 heterocycles. The largest absolute Gasteiger partial charge is 0.378 e. The maximum Gasteiger partial charge on any atom is 0.228 e. The summed E-state index contributed by atoms with van der Waals surface area (Å²) in [4.78, 5) is 26.4. The standard InChI is InChI=1S/C18H24N6O3/c1-13-10-14(22-21-13)11-16(25)15-12-17(23-2-6-26-7-3-23)20-18(19-15)24-4-8-27-9-5-24/h10,12H,2-9,11H2,1H3,(H,21,22). The number of carbonyl (C=O) groups is 1. The van der Waals surface area contributed by atoms with Crippen molar-refractivity contribution in [2.75, 3.05) is 62.4 Å². The fourth-order valence-corrected chi connectivity index (χ4v) is 3.24. The third-order valence-corrected chi connectivity index (χ3v) is 4.72. The number of hydrogen-bond acceptors (Lipinski definition) is 8. The quantitative estimate of drug-likeness (QED) is 0.763. The molecule has 2 aliphatic heterocycles. The maximum atomic E-state index is 12.9. The molecule has 2 aromatic rings. The summed E-state index contributed by atoms with van der Waals surface area (Å²) in [6.45, 7) is 7.47. The van der Waals surface area contributed by atoms with Crippen molar-refractivity contribution in [2.24, 2.45) is 0 Å². The molecule has 0 aromatic carbocycles. The van der Waals surface area contributed by atoms with Gasteiger partial charge in [-0.3, -0.25) is 9.89 Å². The van der Waals surface area contributed by atoms with E-state index in [1.165, 1.54) is 0 Å². The molecule has 0 unspecified atom stereocenters. The van der Waals surface area contributed by atoms with Crippen molar-refractivity contribution in [1.29, 1.82) is 0 Å². The average Bonchev–Trinajstić information content (AvgIpc) is 3.13. The van der Waals surface area contributed by atoms with Crippen LogP contribution in [0.25, 0.3) is 0 Å². The highest BCUT2D eigenvalue weighted by Gasteiger charge is 2.22. The molecule has 0 saturated carbocycles. The normalized spacial score (nSPS) is 18.0. The number of ether oxygens (including phenoxy) is 2. The van der Waals surface area contributed by atoms with Crippen LogP contribution in [0.1, 0.15) is 21.9 Å². The zero-order chi connectivity index (χ0) is 18.6. The Morgan fingerprint density at radius 1 is 1.04 bits per heavy atom. The predicted molar refractivity (Wildman–Crippen MR) is 99.5 cm³/mol. The molecule has 9 heteroatoms. The zero-order valence-corrected chi connectivity index (χ0v) is 15.5. The van der Waals surface area contributed by atoms with Crippen molar-refractivity contribution in [1.82, 2.24) is 20.2 Å². The minimum Gasteiger partial charge on any atom is -0.378 e. The van der Waals surface area contributed by atoms with E-state index in [1.54, 1.807) is 6.07 Å². The van der Waals surface area contributed by atoms with Gasteiger partial charge in [-0.05, 0) is 13.0 Å². The Morgan fingerprint density at radius 3 is 2.33 bits per heavy atom. The monoisotopic (exact) mass is 372 g/mol. The van der Waals surface area contributed by atoms with Gasteiger partial charge in [-0.15, -0.1) is 0 Å². The van der Waals surface area contributed by atoms with Crippen LogP contribution in [0.15, 0.2) is 12.1 Å². The maximum absolute atomic E-state index is 12.9. The van der Waals surface area contributed by atoms with E-state index < -0.39 is 0 Å². The third-order valence-electron chi connectivity index (χ3n) is 4.72. The zero-order valence-electron chi connectivity index (χ0n) is 15.5. The highest BCUT2D eigenvalue weighted by molar-refractivity contribution is 5.96. The van der Waals surface area contributed by atoms with E-state index in [4.69, 9.17) is 14.5 Å². The van der Waals surface area contributed by atoms with Gasteiger partial charge in [0.1, 0.15) is 11.5 Å². The number of ketones is 1. The van der Waals surface area contributed by atoms with E-state index in [-0.39, 0.29) is 12.2 Å². The van der Waals surface area contributed by atoms with Crippen molar-refractivity contribution in [3.8, 4) is 0 Å². The second-order valence-corrected chi connectivity index (χ2v) is 6.75. The molecule has 27 heavy (non-hydrogen) atoms. The molecule has 0 spiro atoms. The summed E-state index contributed by atoms with van der Waals surface area (Å²) in [6, 6.07) is 3.67. The van der Waals surface area contributed by atoms with Crippen molar-refractivity contribution in [3.05, 3.63) is 29.2 Å². The average molecular weight is 372 g/mol. The van der Waals surface area contributed by atoms with Crippen LogP contribution in [0.4, 0.5) is 11.8 Å². The molecule has 2 saturated heterocycles. The molecular weight excluding hydrogens is 348 g/mol. The van der Waals surface area contributed by atoms with Crippen LogP contribution >= 0.6 is 0 Å². The molecule has 0 bridgehead atoms. The van der Waals surface area contributed by atoms with Gasteiger partial charge in [-0.2, -0.15) is 10.1 Å². The Bertz CT molecular complexity index is 760. The number of aromatic amines is 1. The van der Waals surface area contributed by atoms with Crippen molar-refractivity contribution in [3.63, 3.8) is 0 Å². The number of nitrogens with zero attached hydrogens (tertiary/aromatic N) is 5. The second-order valence-electron chi connectivity index (χ2n) is 6.75. The predicted octanol–water partition coefficient (Wildman–Crippen LogP) is 0.607. The van der Waals surface area contributed by atoms with Gasteiger partial charge in [0.05, 0.1) is 38.5 Å². The number of hydrogen-bond donors (Lipinski definition) is 1. The molecule has 4 rings (SSSR count). The van der Waals surface area contributed by atoms with Crippen molar-refractivity contribution < 1.29 is 14.3 Å². The second kappa shape index (κ2) is 8.01. The van der Waals surface area contributed by atoms with Gasteiger partial charge in [0.25, 0.3) is 0 Å². The molecule has 1 N–H and O–H groups in total. The molecule has 2 aliphatic rings. The molecule has 144 valence electrons. The fraction of sp³-hybridized carbons (Fsp3) is 0.556.